The fourth-order valence-corrected chi connectivity index (χ4v) is 3.66. The molecule has 0 unspecified atom stereocenters. The summed E-state index contributed by atoms with van der Waals surface area (Å²) in [5, 5.41) is 4.22. The zero-order chi connectivity index (χ0) is 21.8. The molecular formula is C25H22F2N2O2. The van der Waals surface area contributed by atoms with Crippen LogP contribution in [0, 0.1) is 18.6 Å². The number of carbonyl (C=O) groups excluding carboxylic acids is 1. The summed E-state index contributed by atoms with van der Waals surface area (Å²) in [4.78, 5) is 20.3. The van der Waals surface area contributed by atoms with Gasteiger partial charge >= 0.3 is 0 Å². The molecule has 3 aromatic carbocycles. The molecule has 4 nitrogen and oxygen atoms in total. The fraction of sp³-hybridized carbons (Fsp3) is 0.200. The highest BCUT2D eigenvalue weighted by Gasteiger charge is 2.28. The molecule has 31 heavy (non-hydrogen) atoms. The molecule has 0 N–H and O–H groups in total. The zero-order valence-electron chi connectivity index (χ0n) is 17.1. The van der Waals surface area contributed by atoms with Gasteiger partial charge in [-0.05, 0) is 42.3 Å². The molecule has 0 aliphatic carbocycles. The van der Waals surface area contributed by atoms with Crippen LogP contribution in [0.1, 0.15) is 33.5 Å². The van der Waals surface area contributed by atoms with Gasteiger partial charge in [-0.3, -0.25) is 4.79 Å². The third kappa shape index (κ3) is 4.79. The molecule has 1 aliphatic rings. The summed E-state index contributed by atoms with van der Waals surface area (Å²) in [7, 11) is 0. The zero-order valence-corrected chi connectivity index (χ0v) is 17.1. The van der Waals surface area contributed by atoms with Crippen molar-refractivity contribution in [3.63, 3.8) is 0 Å². The van der Waals surface area contributed by atoms with Crippen molar-refractivity contribution in [2.75, 3.05) is 6.54 Å². The van der Waals surface area contributed by atoms with Crippen molar-refractivity contribution >= 4 is 11.6 Å². The molecule has 0 fully saturated rings. The quantitative estimate of drug-likeness (QED) is 0.556. The van der Waals surface area contributed by atoms with Crippen LogP contribution < -0.4 is 0 Å². The van der Waals surface area contributed by atoms with Crippen molar-refractivity contribution < 1.29 is 18.4 Å². The molecule has 1 atom stereocenters. The number of benzene rings is 3. The highest BCUT2D eigenvalue weighted by molar-refractivity contribution is 6.02. The van der Waals surface area contributed by atoms with Gasteiger partial charge in [0, 0.05) is 18.5 Å². The van der Waals surface area contributed by atoms with Crippen LogP contribution in [0.3, 0.4) is 0 Å². The first-order valence-electron chi connectivity index (χ1n) is 10.1. The molecule has 0 bridgehead atoms. The minimum absolute atomic E-state index is 0.0114. The molecule has 4 rings (SSSR count). The van der Waals surface area contributed by atoms with E-state index in [1.54, 1.807) is 24.3 Å². The maximum atomic E-state index is 14.3. The minimum atomic E-state index is -0.583. The highest BCUT2D eigenvalue weighted by Crippen LogP contribution is 2.22. The summed E-state index contributed by atoms with van der Waals surface area (Å²) in [5.74, 6) is -1.39. The molecule has 6 heteroatoms. The Bertz CT molecular complexity index is 1110. The predicted octanol–water partition coefficient (Wildman–Crippen LogP) is 5.11. The second kappa shape index (κ2) is 9.08. The van der Waals surface area contributed by atoms with Gasteiger partial charge < -0.3 is 9.74 Å². The monoisotopic (exact) mass is 420 g/mol. The van der Waals surface area contributed by atoms with E-state index >= 15 is 0 Å². The Hall–Kier alpha value is -3.54. The Kier molecular flexibility index (Phi) is 6.07. The van der Waals surface area contributed by atoms with E-state index in [0.717, 1.165) is 22.4 Å². The first kappa shape index (κ1) is 20.7. The van der Waals surface area contributed by atoms with E-state index in [1.165, 1.54) is 29.2 Å². The average molecular weight is 420 g/mol. The van der Waals surface area contributed by atoms with Crippen molar-refractivity contribution in [1.82, 2.24) is 4.90 Å². The molecule has 0 spiro atoms. The predicted molar refractivity (Wildman–Crippen MR) is 115 cm³/mol. The SMILES string of the molecule is Cc1ccccc1C1=NO[C@@H](CN(Cc2ccc(F)cc2)C(=O)c2ccccc2F)C1. The summed E-state index contributed by atoms with van der Waals surface area (Å²) in [6, 6.07) is 19.7. The molecule has 158 valence electrons. The van der Waals surface area contributed by atoms with Crippen molar-refractivity contribution in [2.24, 2.45) is 5.16 Å². The van der Waals surface area contributed by atoms with Gasteiger partial charge in [-0.1, -0.05) is 53.7 Å². The van der Waals surface area contributed by atoms with E-state index < -0.39 is 11.7 Å². The van der Waals surface area contributed by atoms with Gasteiger partial charge in [0.2, 0.25) is 0 Å². The maximum Gasteiger partial charge on any atom is 0.257 e. The Balaban J connectivity index is 1.53. The molecule has 1 heterocycles. The lowest BCUT2D eigenvalue weighted by atomic mass is 10.00. The van der Waals surface area contributed by atoms with Crippen LogP contribution in [-0.4, -0.2) is 29.2 Å². The van der Waals surface area contributed by atoms with Crippen molar-refractivity contribution in [3.05, 3.63) is 107 Å². The lowest BCUT2D eigenvalue weighted by molar-refractivity contribution is 0.0402. The number of carbonyl (C=O) groups is 1. The number of rotatable bonds is 6. The Morgan fingerprint density at radius 2 is 1.74 bits per heavy atom. The number of nitrogens with zero attached hydrogens (tertiary/aromatic N) is 2. The Labute approximate surface area is 179 Å². The molecular weight excluding hydrogens is 398 g/mol. The summed E-state index contributed by atoms with van der Waals surface area (Å²) in [5.41, 5.74) is 3.65. The van der Waals surface area contributed by atoms with Gasteiger partial charge in [0.1, 0.15) is 11.6 Å². The summed E-state index contributed by atoms with van der Waals surface area (Å²) in [6.45, 7) is 2.43. The molecule has 1 aliphatic heterocycles. The van der Waals surface area contributed by atoms with Crippen LogP contribution in [0.4, 0.5) is 8.78 Å². The Morgan fingerprint density at radius 1 is 1.03 bits per heavy atom. The highest BCUT2D eigenvalue weighted by atomic mass is 19.1. The van der Waals surface area contributed by atoms with Crippen LogP contribution in [0.25, 0.3) is 0 Å². The van der Waals surface area contributed by atoms with E-state index in [1.807, 2.05) is 31.2 Å². The number of halogens is 2. The molecule has 0 saturated heterocycles. The molecule has 0 saturated carbocycles. The van der Waals surface area contributed by atoms with Gasteiger partial charge in [-0.2, -0.15) is 0 Å². The van der Waals surface area contributed by atoms with Crippen LogP contribution in [0.5, 0.6) is 0 Å². The van der Waals surface area contributed by atoms with Crippen molar-refractivity contribution in [2.45, 2.75) is 26.0 Å². The third-order valence-corrected chi connectivity index (χ3v) is 5.29. The van der Waals surface area contributed by atoms with E-state index in [9.17, 15) is 13.6 Å². The van der Waals surface area contributed by atoms with Crippen LogP contribution in [-0.2, 0) is 11.4 Å². The first-order chi connectivity index (χ1) is 15.0. The molecule has 0 radical (unpaired) electrons. The van der Waals surface area contributed by atoms with Gasteiger partial charge in [-0.15, -0.1) is 0 Å². The number of amides is 1. The van der Waals surface area contributed by atoms with Gasteiger partial charge in [0.25, 0.3) is 5.91 Å². The second-order valence-electron chi connectivity index (χ2n) is 7.58. The molecule has 1 amide bonds. The lowest BCUT2D eigenvalue weighted by Gasteiger charge is -2.25. The number of oxime groups is 1. The maximum absolute atomic E-state index is 14.3. The number of hydrogen-bond acceptors (Lipinski definition) is 3. The van der Waals surface area contributed by atoms with Crippen LogP contribution in [0.2, 0.25) is 0 Å². The van der Waals surface area contributed by atoms with E-state index in [2.05, 4.69) is 5.16 Å². The number of aryl methyl sites for hydroxylation is 1. The lowest BCUT2D eigenvalue weighted by Crippen LogP contribution is -2.37. The van der Waals surface area contributed by atoms with Crippen LogP contribution >= 0.6 is 0 Å². The average Bonchev–Trinajstić information content (AvgIpc) is 3.23. The summed E-state index contributed by atoms with van der Waals surface area (Å²) >= 11 is 0. The van der Waals surface area contributed by atoms with E-state index in [0.29, 0.717) is 6.42 Å². The van der Waals surface area contributed by atoms with Gasteiger partial charge in [-0.25, -0.2) is 8.78 Å². The standard InChI is InChI=1S/C25H22F2N2O2/c1-17-6-2-3-7-21(17)24-14-20(31-28-24)16-29(15-18-10-12-19(26)13-11-18)25(30)22-8-4-5-9-23(22)27/h2-13,20H,14-16H2,1H3/t20-/m1/s1. The fourth-order valence-electron chi connectivity index (χ4n) is 3.66. The molecule has 0 aromatic heterocycles. The number of hydrogen-bond donors (Lipinski definition) is 0. The van der Waals surface area contributed by atoms with Crippen molar-refractivity contribution in [3.8, 4) is 0 Å². The minimum Gasteiger partial charge on any atom is -0.390 e. The van der Waals surface area contributed by atoms with E-state index in [4.69, 9.17) is 4.84 Å². The van der Waals surface area contributed by atoms with Gasteiger partial charge in [0.05, 0.1) is 17.8 Å². The summed E-state index contributed by atoms with van der Waals surface area (Å²) in [6.07, 6.45) is 0.181. The topological polar surface area (TPSA) is 41.9 Å². The third-order valence-electron chi connectivity index (χ3n) is 5.29. The van der Waals surface area contributed by atoms with Gasteiger partial charge in [0.15, 0.2) is 6.10 Å². The first-order valence-corrected chi connectivity index (χ1v) is 10.1. The van der Waals surface area contributed by atoms with E-state index in [-0.39, 0.29) is 30.6 Å². The summed E-state index contributed by atoms with van der Waals surface area (Å²) < 4.78 is 27.6. The Morgan fingerprint density at radius 3 is 2.48 bits per heavy atom. The molecule has 3 aromatic rings. The largest absolute Gasteiger partial charge is 0.390 e. The normalized spacial score (nSPS) is 15.3. The van der Waals surface area contributed by atoms with Crippen LogP contribution in [0.15, 0.2) is 78.0 Å². The van der Waals surface area contributed by atoms with Crippen molar-refractivity contribution in [1.29, 1.82) is 0 Å². The smallest absolute Gasteiger partial charge is 0.257 e. The second-order valence-corrected chi connectivity index (χ2v) is 7.58.